The van der Waals surface area contributed by atoms with Gasteiger partial charge in [-0.05, 0) is 32.6 Å². The van der Waals surface area contributed by atoms with Gasteiger partial charge in [-0.25, -0.2) is 0 Å². The molecule has 0 aliphatic carbocycles. The van der Waals surface area contributed by atoms with E-state index in [9.17, 15) is 4.79 Å². The van der Waals surface area contributed by atoms with E-state index in [2.05, 4.69) is 13.0 Å². The van der Waals surface area contributed by atoms with Crippen molar-refractivity contribution in [2.75, 3.05) is 0 Å². The maximum atomic E-state index is 11.4. The summed E-state index contributed by atoms with van der Waals surface area (Å²) in [6, 6.07) is 0. The van der Waals surface area contributed by atoms with Gasteiger partial charge in [0.2, 0.25) is 5.91 Å². The van der Waals surface area contributed by atoms with Crippen LogP contribution in [-0.4, -0.2) is 16.3 Å². The van der Waals surface area contributed by atoms with Gasteiger partial charge in [-0.1, -0.05) is 6.08 Å². The molecule has 1 unspecified atom stereocenters. The summed E-state index contributed by atoms with van der Waals surface area (Å²) in [4.78, 5) is 13.4. The minimum Gasteiger partial charge on any atom is -0.314 e. The van der Waals surface area contributed by atoms with E-state index in [-0.39, 0.29) is 5.54 Å². The Hall–Kier alpha value is -0.790. The van der Waals surface area contributed by atoms with Crippen molar-refractivity contribution in [2.45, 2.75) is 44.6 Å². The zero-order chi connectivity index (χ0) is 8.60. The molecule has 0 aromatic rings. The maximum absolute atomic E-state index is 11.4. The van der Waals surface area contributed by atoms with E-state index in [0.29, 0.717) is 5.91 Å². The van der Waals surface area contributed by atoms with Gasteiger partial charge in [0.25, 0.3) is 0 Å². The molecular formula is C10H15NO. The largest absolute Gasteiger partial charge is 0.314 e. The number of amides is 1. The number of nitrogens with zero attached hydrogens (tertiary/aromatic N) is 1. The Morgan fingerprint density at radius 1 is 1.50 bits per heavy atom. The van der Waals surface area contributed by atoms with Crippen LogP contribution in [0.3, 0.4) is 0 Å². The van der Waals surface area contributed by atoms with E-state index in [1.807, 2.05) is 11.1 Å². The lowest BCUT2D eigenvalue weighted by atomic mass is 9.93. The van der Waals surface area contributed by atoms with Crippen molar-refractivity contribution in [2.24, 2.45) is 0 Å². The molecule has 0 saturated carbocycles. The highest BCUT2D eigenvalue weighted by molar-refractivity contribution is 5.80. The Kier molecular flexibility index (Phi) is 1.71. The summed E-state index contributed by atoms with van der Waals surface area (Å²) < 4.78 is 0. The number of fused-ring (bicyclic) bond motifs is 1. The Labute approximate surface area is 73.2 Å². The predicted molar refractivity (Wildman–Crippen MR) is 47.5 cm³/mol. The van der Waals surface area contributed by atoms with E-state index in [1.165, 1.54) is 6.42 Å². The normalized spacial score (nSPS) is 35.1. The third kappa shape index (κ3) is 1.06. The van der Waals surface area contributed by atoms with Crippen molar-refractivity contribution in [3.05, 3.63) is 12.3 Å². The fourth-order valence-corrected chi connectivity index (χ4v) is 2.21. The van der Waals surface area contributed by atoms with E-state index in [4.69, 9.17) is 0 Å². The van der Waals surface area contributed by atoms with Crippen LogP contribution in [0, 0.1) is 0 Å². The molecule has 1 fully saturated rings. The first kappa shape index (κ1) is 7.84. The van der Waals surface area contributed by atoms with Crippen LogP contribution >= 0.6 is 0 Å². The topological polar surface area (TPSA) is 20.3 Å². The molecule has 0 aromatic carbocycles. The zero-order valence-corrected chi connectivity index (χ0v) is 7.55. The molecule has 2 aliphatic heterocycles. The molecule has 2 heterocycles. The van der Waals surface area contributed by atoms with Gasteiger partial charge < -0.3 is 4.90 Å². The Bertz CT molecular complexity index is 234. The first-order chi connectivity index (χ1) is 5.72. The molecule has 0 aromatic heterocycles. The van der Waals surface area contributed by atoms with Crippen molar-refractivity contribution < 1.29 is 4.79 Å². The molecule has 0 bridgehead atoms. The molecule has 2 rings (SSSR count). The van der Waals surface area contributed by atoms with Crippen LogP contribution in [-0.2, 0) is 4.79 Å². The van der Waals surface area contributed by atoms with Crippen LogP contribution in [0.25, 0.3) is 0 Å². The first-order valence-corrected chi connectivity index (χ1v) is 4.71. The van der Waals surface area contributed by atoms with Crippen LogP contribution in [0.4, 0.5) is 0 Å². The average Bonchev–Trinajstić information content (AvgIpc) is 2.24. The van der Waals surface area contributed by atoms with Gasteiger partial charge in [-0.2, -0.15) is 0 Å². The fourth-order valence-electron chi connectivity index (χ4n) is 2.21. The molecule has 1 saturated heterocycles. The average molecular weight is 165 g/mol. The maximum Gasteiger partial charge on any atom is 0.227 e. The summed E-state index contributed by atoms with van der Waals surface area (Å²) in [6.07, 6.45) is 9.38. The summed E-state index contributed by atoms with van der Waals surface area (Å²) in [6.45, 7) is 2.20. The van der Waals surface area contributed by atoms with Crippen LogP contribution in [0.5, 0.6) is 0 Å². The lowest BCUT2D eigenvalue weighted by Gasteiger charge is -2.31. The molecule has 2 aliphatic rings. The summed E-state index contributed by atoms with van der Waals surface area (Å²) in [5.41, 5.74) is 0.143. The monoisotopic (exact) mass is 165 g/mol. The van der Waals surface area contributed by atoms with E-state index < -0.39 is 0 Å². The van der Waals surface area contributed by atoms with Crippen LogP contribution < -0.4 is 0 Å². The third-order valence-electron chi connectivity index (χ3n) is 3.07. The van der Waals surface area contributed by atoms with E-state index in [1.54, 1.807) is 0 Å². The molecule has 0 N–H and O–H groups in total. The second-order valence-electron chi connectivity index (χ2n) is 4.04. The highest BCUT2D eigenvalue weighted by Gasteiger charge is 2.40. The van der Waals surface area contributed by atoms with Gasteiger partial charge >= 0.3 is 0 Å². The number of hydrogen-bond donors (Lipinski definition) is 0. The molecule has 2 heteroatoms. The number of carbonyl (C=O) groups excluding carboxylic acids is 1. The summed E-state index contributed by atoms with van der Waals surface area (Å²) in [7, 11) is 0. The fraction of sp³-hybridized carbons (Fsp3) is 0.700. The number of rotatable bonds is 0. The van der Waals surface area contributed by atoms with Crippen molar-refractivity contribution in [1.82, 2.24) is 4.90 Å². The molecule has 2 nitrogen and oxygen atoms in total. The van der Waals surface area contributed by atoms with Gasteiger partial charge in [0.05, 0.1) is 0 Å². The summed E-state index contributed by atoms with van der Waals surface area (Å²) in [5, 5.41) is 0. The van der Waals surface area contributed by atoms with Gasteiger partial charge in [0, 0.05) is 18.2 Å². The van der Waals surface area contributed by atoms with Crippen LogP contribution in [0.15, 0.2) is 12.3 Å². The van der Waals surface area contributed by atoms with Crippen molar-refractivity contribution in [3.63, 3.8) is 0 Å². The number of carbonyl (C=O) groups is 1. The SMILES string of the molecule is CC12CCCC=CN1C(=O)CC2. The Balaban J connectivity index is 2.28. The van der Waals surface area contributed by atoms with Gasteiger partial charge in [-0.3, -0.25) is 4.79 Å². The highest BCUT2D eigenvalue weighted by Crippen LogP contribution is 2.36. The molecule has 1 amide bonds. The molecule has 0 spiro atoms. The second-order valence-corrected chi connectivity index (χ2v) is 4.04. The van der Waals surface area contributed by atoms with Gasteiger partial charge in [0.1, 0.15) is 0 Å². The summed E-state index contributed by atoms with van der Waals surface area (Å²) in [5.74, 6) is 0.302. The lowest BCUT2D eigenvalue weighted by molar-refractivity contribution is -0.127. The highest BCUT2D eigenvalue weighted by atomic mass is 16.2. The second kappa shape index (κ2) is 2.61. The lowest BCUT2D eigenvalue weighted by Crippen LogP contribution is -2.38. The standard InChI is InChI=1S/C10H15NO/c1-10-6-3-2-4-8-11(10)9(12)5-7-10/h4,8H,2-3,5-7H2,1H3. The number of hydrogen-bond acceptors (Lipinski definition) is 1. The van der Waals surface area contributed by atoms with Gasteiger partial charge in [0.15, 0.2) is 0 Å². The van der Waals surface area contributed by atoms with Crippen LogP contribution in [0.2, 0.25) is 0 Å². The van der Waals surface area contributed by atoms with Crippen molar-refractivity contribution in [3.8, 4) is 0 Å². The Morgan fingerprint density at radius 2 is 2.33 bits per heavy atom. The zero-order valence-electron chi connectivity index (χ0n) is 7.55. The molecule has 12 heavy (non-hydrogen) atoms. The van der Waals surface area contributed by atoms with Crippen LogP contribution in [0.1, 0.15) is 39.0 Å². The summed E-state index contributed by atoms with van der Waals surface area (Å²) >= 11 is 0. The molecule has 0 radical (unpaired) electrons. The minimum absolute atomic E-state index is 0.143. The van der Waals surface area contributed by atoms with Gasteiger partial charge in [-0.15, -0.1) is 0 Å². The molecule has 1 atom stereocenters. The first-order valence-electron chi connectivity index (χ1n) is 4.71. The third-order valence-corrected chi connectivity index (χ3v) is 3.07. The number of allylic oxidation sites excluding steroid dienone is 1. The Morgan fingerprint density at radius 3 is 3.17 bits per heavy atom. The molecular weight excluding hydrogens is 150 g/mol. The minimum atomic E-state index is 0.143. The van der Waals surface area contributed by atoms with Crippen molar-refractivity contribution in [1.29, 1.82) is 0 Å². The van der Waals surface area contributed by atoms with Crippen molar-refractivity contribution >= 4 is 5.91 Å². The molecule has 66 valence electrons. The predicted octanol–water partition coefficient (Wildman–Crippen LogP) is 2.07. The van der Waals surface area contributed by atoms with E-state index >= 15 is 0 Å². The smallest absolute Gasteiger partial charge is 0.227 e. The quantitative estimate of drug-likeness (QED) is 0.538. The van der Waals surface area contributed by atoms with E-state index in [0.717, 1.165) is 25.7 Å².